The van der Waals surface area contributed by atoms with E-state index < -0.39 is 0 Å². The number of fused-ring (bicyclic) bond motifs is 1. The summed E-state index contributed by atoms with van der Waals surface area (Å²) in [4.78, 5) is 16.4. The van der Waals surface area contributed by atoms with Gasteiger partial charge < -0.3 is 15.4 Å². The summed E-state index contributed by atoms with van der Waals surface area (Å²) in [5, 5.41) is 12.8. The number of carbonyl (C=O) groups is 1. The average molecular weight is 445 g/mol. The average Bonchev–Trinajstić information content (AvgIpc) is 3.25. The van der Waals surface area contributed by atoms with Gasteiger partial charge in [-0.25, -0.2) is 4.39 Å². The van der Waals surface area contributed by atoms with Gasteiger partial charge in [-0.2, -0.15) is 0 Å². The lowest BCUT2D eigenvalue weighted by molar-refractivity contribution is -0.110. The monoisotopic (exact) mass is 444 g/mol. The topological polar surface area (TPSA) is 65.1 Å². The minimum atomic E-state index is -0.302. The molecule has 0 radical (unpaired) electrons. The highest BCUT2D eigenvalue weighted by molar-refractivity contribution is 6.36. The van der Waals surface area contributed by atoms with Gasteiger partial charge in [0.25, 0.3) is 5.91 Å². The molecule has 4 nitrogen and oxygen atoms in total. The number of carbonyl (C=O) groups excluding carboxylic acids is 1. The minimum absolute atomic E-state index is 0.150. The van der Waals surface area contributed by atoms with Crippen molar-refractivity contribution in [2.45, 2.75) is 52.1 Å². The number of aromatic nitrogens is 1. The Morgan fingerprint density at radius 3 is 2.61 bits per heavy atom. The summed E-state index contributed by atoms with van der Waals surface area (Å²) >= 11 is 0. The van der Waals surface area contributed by atoms with Gasteiger partial charge in [-0.15, -0.1) is 0 Å². The SMILES string of the molecule is Cc1[nH]c(C=C2C(=O)Nc3cccc(-c4cccc(F)c4)c32)c(C)c1CC1CCC(O)CC1. The van der Waals surface area contributed by atoms with Gasteiger partial charge in [0, 0.05) is 22.6 Å². The first-order valence-corrected chi connectivity index (χ1v) is 11.7. The molecule has 0 unspecified atom stereocenters. The summed E-state index contributed by atoms with van der Waals surface area (Å²) in [6, 6.07) is 12.2. The number of anilines is 1. The number of aliphatic hydroxyl groups excluding tert-OH is 1. The summed E-state index contributed by atoms with van der Waals surface area (Å²) in [6.45, 7) is 4.19. The van der Waals surface area contributed by atoms with Gasteiger partial charge >= 0.3 is 0 Å². The molecule has 1 aromatic heterocycles. The van der Waals surface area contributed by atoms with E-state index >= 15 is 0 Å². The van der Waals surface area contributed by atoms with Gasteiger partial charge in [-0.05, 0) is 98.4 Å². The number of amides is 1. The van der Waals surface area contributed by atoms with Gasteiger partial charge in [0.05, 0.1) is 11.7 Å². The molecular weight excluding hydrogens is 415 g/mol. The quantitative estimate of drug-likeness (QED) is 0.431. The van der Waals surface area contributed by atoms with E-state index in [0.29, 0.717) is 11.5 Å². The zero-order valence-electron chi connectivity index (χ0n) is 19.0. The molecule has 170 valence electrons. The Bertz CT molecular complexity index is 1250. The maximum atomic E-state index is 13.9. The fourth-order valence-electron chi connectivity index (χ4n) is 5.33. The van der Waals surface area contributed by atoms with Crippen molar-refractivity contribution in [1.82, 2.24) is 4.98 Å². The number of benzene rings is 2. The minimum Gasteiger partial charge on any atom is -0.393 e. The summed E-state index contributed by atoms with van der Waals surface area (Å²) in [7, 11) is 0. The number of aromatic amines is 1. The van der Waals surface area contributed by atoms with Crippen LogP contribution in [0.3, 0.4) is 0 Å². The number of rotatable bonds is 4. The van der Waals surface area contributed by atoms with E-state index in [1.54, 1.807) is 6.07 Å². The fourth-order valence-corrected chi connectivity index (χ4v) is 5.33. The molecule has 2 heterocycles. The van der Waals surface area contributed by atoms with Crippen LogP contribution in [0.1, 0.15) is 53.8 Å². The number of aliphatic hydroxyl groups is 1. The molecule has 1 fully saturated rings. The lowest BCUT2D eigenvalue weighted by atomic mass is 9.83. The molecule has 1 saturated carbocycles. The summed E-state index contributed by atoms with van der Waals surface area (Å²) < 4.78 is 13.9. The lowest BCUT2D eigenvalue weighted by Gasteiger charge is -2.25. The van der Waals surface area contributed by atoms with Crippen molar-refractivity contribution < 1.29 is 14.3 Å². The van der Waals surface area contributed by atoms with Crippen LogP contribution in [0.25, 0.3) is 22.8 Å². The predicted octanol–water partition coefficient (Wildman–Crippen LogP) is 6.02. The summed E-state index contributed by atoms with van der Waals surface area (Å²) in [5.41, 5.74) is 8.25. The van der Waals surface area contributed by atoms with Gasteiger partial charge in [0.15, 0.2) is 0 Å². The first-order valence-electron chi connectivity index (χ1n) is 11.7. The third kappa shape index (κ3) is 4.13. The standard InChI is InChI=1S/C28H29FN2O2/c1-16-23(13-18-9-11-21(32)12-10-18)17(2)30-26(16)15-24-27-22(19-5-3-6-20(29)14-19)7-4-8-25(27)31-28(24)33/h3-8,14-15,18,21,30,32H,9-13H2,1-2H3,(H,31,33). The van der Waals surface area contributed by atoms with E-state index in [2.05, 4.69) is 24.1 Å². The number of halogens is 1. The van der Waals surface area contributed by atoms with Crippen molar-refractivity contribution in [3.63, 3.8) is 0 Å². The van der Waals surface area contributed by atoms with Crippen molar-refractivity contribution in [2.24, 2.45) is 5.92 Å². The van der Waals surface area contributed by atoms with Crippen LogP contribution in [0, 0.1) is 25.6 Å². The van der Waals surface area contributed by atoms with Gasteiger partial charge in [0.2, 0.25) is 0 Å². The van der Waals surface area contributed by atoms with Gasteiger partial charge in [0.1, 0.15) is 5.82 Å². The van der Waals surface area contributed by atoms with Crippen molar-refractivity contribution >= 4 is 23.2 Å². The van der Waals surface area contributed by atoms with Crippen molar-refractivity contribution in [3.8, 4) is 11.1 Å². The van der Waals surface area contributed by atoms with Crippen LogP contribution in [0.15, 0.2) is 42.5 Å². The molecule has 0 atom stereocenters. The van der Waals surface area contributed by atoms with Crippen LogP contribution in [0.2, 0.25) is 0 Å². The molecule has 1 amide bonds. The van der Waals surface area contributed by atoms with E-state index in [1.807, 2.05) is 30.3 Å². The predicted molar refractivity (Wildman–Crippen MR) is 130 cm³/mol. The molecule has 1 aliphatic heterocycles. The molecule has 5 rings (SSSR count). The maximum Gasteiger partial charge on any atom is 0.256 e. The fraction of sp³-hybridized carbons (Fsp3) is 0.321. The zero-order valence-corrected chi connectivity index (χ0v) is 19.0. The van der Waals surface area contributed by atoms with E-state index in [4.69, 9.17) is 0 Å². The number of aryl methyl sites for hydroxylation is 1. The number of hydrogen-bond donors (Lipinski definition) is 3. The maximum absolute atomic E-state index is 13.9. The van der Waals surface area contributed by atoms with Crippen LogP contribution >= 0.6 is 0 Å². The smallest absolute Gasteiger partial charge is 0.256 e. The van der Waals surface area contributed by atoms with Crippen LogP contribution in [-0.2, 0) is 11.2 Å². The molecule has 0 spiro atoms. The van der Waals surface area contributed by atoms with E-state index in [0.717, 1.165) is 71.4 Å². The highest BCUT2D eigenvalue weighted by Gasteiger charge is 2.28. The number of H-pyrrole nitrogens is 1. The summed E-state index contributed by atoms with van der Waals surface area (Å²) in [6.07, 6.45) is 6.63. The Morgan fingerprint density at radius 1 is 1.09 bits per heavy atom. The molecular formula is C28H29FN2O2. The molecule has 5 heteroatoms. The van der Waals surface area contributed by atoms with Crippen molar-refractivity contribution in [3.05, 3.63) is 76.4 Å². The largest absolute Gasteiger partial charge is 0.393 e. The van der Waals surface area contributed by atoms with E-state index in [-0.39, 0.29) is 17.8 Å². The third-order valence-electron chi connectivity index (χ3n) is 7.19. The normalized spacial score (nSPS) is 21.3. The Kier molecular flexibility index (Phi) is 5.67. The van der Waals surface area contributed by atoms with Crippen LogP contribution in [-0.4, -0.2) is 22.1 Å². The Labute approximate surface area is 193 Å². The van der Waals surface area contributed by atoms with Gasteiger partial charge in [-0.1, -0.05) is 24.3 Å². The Hall–Kier alpha value is -3.18. The van der Waals surface area contributed by atoms with Crippen molar-refractivity contribution in [1.29, 1.82) is 0 Å². The number of nitrogens with one attached hydrogen (secondary N) is 2. The number of hydrogen-bond acceptors (Lipinski definition) is 2. The lowest BCUT2D eigenvalue weighted by Crippen LogP contribution is -2.19. The Morgan fingerprint density at radius 2 is 1.85 bits per heavy atom. The van der Waals surface area contributed by atoms with E-state index in [1.165, 1.54) is 17.7 Å². The second-order valence-electron chi connectivity index (χ2n) is 9.40. The second kappa shape index (κ2) is 8.64. The molecule has 0 bridgehead atoms. The molecule has 3 aromatic rings. The first kappa shape index (κ1) is 21.7. The molecule has 2 aliphatic rings. The van der Waals surface area contributed by atoms with Crippen LogP contribution < -0.4 is 5.32 Å². The first-order chi connectivity index (χ1) is 15.9. The molecule has 1 aliphatic carbocycles. The van der Waals surface area contributed by atoms with Crippen LogP contribution in [0.4, 0.5) is 10.1 Å². The molecule has 0 saturated heterocycles. The summed E-state index contributed by atoms with van der Waals surface area (Å²) in [5.74, 6) is 0.129. The highest BCUT2D eigenvalue weighted by Crippen LogP contribution is 2.41. The second-order valence-corrected chi connectivity index (χ2v) is 9.40. The van der Waals surface area contributed by atoms with Gasteiger partial charge in [-0.3, -0.25) is 4.79 Å². The molecule has 3 N–H and O–H groups in total. The Balaban J connectivity index is 1.52. The zero-order chi connectivity index (χ0) is 23.1. The van der Waals surface area contributed by atoms with E-state index in [9.17, 15) is 14.3 Å². The molecule has 33 heavy (non-hydrogen) atoms. The third-order valence-corrected chi connectivity index (χ3v) is 7.19. The molecule has 2 aromatic carbocycles. The highest BCUT2D eigenvalue weighted by atomic mass is 19.1. The van der Waals surface area contributed by atoms with Crippen molar-refractivity contribution in [2.75, 3.05) is 5.32 Å². The van der Waals surface area contributed by atoms with Crippen LogP contribution in [0.5, 0.6) is 0 Å².